The summed E-state index contributed by atoms with van der Waals surface area (Å²) < 4.78 is 0. The van der Waals surface area contributed by atoms with E-state index in [2.05, 4.69) is 24.7 Å². The summed E-state index contributed by atoms with van der Waals surface area (Å²) in [7, 11) is 1.63. The quantitative estimate of drug-likeness (QED) is 0.549. The van der Waals surface area contributed by atoms with Crippen LogP contribution in [0.25, 0.3) is 0 Å². The molecule has 0 spiro atoms. The van der Waals surface area contributed by atoms with Gasteiger partial charge in [0.05, 0.1) is 0 Å². The fourth-order valence-corrected chi connectivity index (χ4v) is 2.22. The predicted molar refractivity (Wildman–Crippen MR) is 71.6 cm³/mol. The van der Waals surface area contributed by atoms with E-state index in [4.69, 9.17) is 5.73 Å². The Labute approximate surface area is 106 Å². The molecule has 0 aliphatic heterocycles. The zero-order chi connectivity index (χ0) is 12.8. The summed E-state index contributed by atoms with van der Waals surface area (Å²) in [6.07, 6.45) is 0. The normalized spacial score (nSPS) is 12.5. The molecule has 1 amide bonds. The van der Waals surface area contributed by atoms with Crippen LogP contribution in [0.15, 0.2) is 29.2 Å². The first-order valence-electron chi connectivity index (χ1n) is 5.53. The Morgan fingerprint density at radius 1 is 1.29 bits per heavy atom. The van der Waals surface area contributed by atoms with Gasteiger partial charge in [0.25, 0.3) is 5.91 Å². The molecule has 0 heterocycles. The largest absolute Gasteiger partial charge is 0.316 e. The molecule has 1 aromatic carbocycles. The Morgan fingerprint density at radius 2 is 1.88 bits per heavy atom. The van der Waals surface area contributed by atoms with Crippen molar-refractivity contribution in [3.05, 3.63) is 29.8 Å². The number of hydrogen-bond acceptors (Lipinski definition) is 4. The maximum atomic E-state index is 11.5. The van der Waals surface area contributed by atoms with Crippen LogP contribution in [0, 0.1) is 0 Å². The molecule has 0 aliphatic carbocycles. The molecule has 0 saturated heterocycles. The molecular weight excluding hydrogens is 234 g/mol. The lowest BCUT2D eigenvalue weighted by Crippen LogP contribution is -2.40. The van der Waals surface area contributed by atoms with Gasteiger partial charge in [-0.25, -0.2) is 5.43 Å². The van der Waals surface area contributed by atoms with E-state index in [0.717, 1.165) is 5.56 Å². The van der Waals surface area contributed by atoms with Crippen molar-refractivity contribution in [1.82, 2.24) is 10.9 Å². The van der Waals surface area contributed by atoms with Gasteiger partial charge in [-0.1, -0.05) is 26.0 Å². The van der Waals surface area contributed by atoms with Crippen LogP contribution in [-0.4, -0.2) is 18.2 Å². The van der Waals surface area contributed by atoms with Crippen molar-refractivity contribution in [2.24, 2.45) is 5.73 Å². The molecule has 4 nitrogen and oxygen atoms in total. The number of nitrogens with one attached hydrogen (secondary N) is 2. The molecule has 0 aliphatic rings. The maximum absolute atomic E-state index is 11.5. The molecule has 94 valence electrons. The highest BCUT2D eigenvalue weighted by Crippen LogP contribution is 2.24. The van der Waals surface area contributed by atoms with Crippen molar-refractivity contribution in [2.75, 3.05) is 7.05 Å². The van der Waals surface area contributed by atoms with Crippen molar-refractivity contribution >= 4 is 17.7 Å². The summed E-state index contributed by atoms with van der Waals surface area (Å²) in [6.45, 7) is 4.29. The number of hydrogen-bond donors (Lipinski definition) is 3. The van der Waals surface area contributed by atoms with E-state index in [0.29, 0.717) is 5.25 Å². The maximum Gasteiger partial charge on any atom is 0.255 e. The van der Waals surface area contributed by atoms with E-state index in [9.17, 15) is 4.79 Å². The van der Waals surface area contributed by atoms with Crippen LogP contribution in [0.3, 0.4) is 0 Å². The summed E-state index contributed by atoms with van der Waals surface area (Å²) in [5, 5.41) is 0.544. The number of carbonyl (C=O) groups excluding carboxylic acids is 1. The zero-order valence-electron chi connectivity index (χ0n) is 10.4. The Bertz CT molecular complexity index is 365. The van der Waals surface area contributed by atoms with Crippen molar-refractivity contribution in [2.45, 2.75) is 30.0 Å². The molecule has 1 rings (SSSR count). The van der Waals surface area contributed by atoms with Crippen LogP contribution in [-0.2, 0) is 4.79 Å². The first kappa shape index (κ1) is 14.0. The Hall–Kier alpha value is -1.04. The monoisotopic (exact) mass is 253 g/mol. The fourth-order valence-electron chi connectivity index (χ4n) is 1.38. The van der Waals surface area contributed by atoms with Crippen LogP contribution in [0.1, 0.15) is 25.5 Å². The van der Waals surface area contributed by atoms with Crippen molar-refractivity contribution in [3.8, 4) is 0 Å². The highest BCUT2D eigenvalue weighted by molar-refractivity contribution is 7.99. The summed E-state index contributed by atoms with van der Waals surface area (Å²) in [6, 6.07) is 7.13. The lowest BCUT2D eigenvalue weighted by molar-refractivity contribution is -0.123. The molecule has 1 aromatic rings. The second-order valence-electron chi connectivity index (χ2n) is 3.95. The van der Waals surface area contributed by atoms with E-state index in [1.54, 1.807) is 18.8 Å². The highest BCUT2D eigenvalue weighted by Gasteiger charge is 2.14. The lowest BCUT2D eigenvalue weighted by atomic mass is 10.1. The van der Waals surface area contributed by atoms with E-state index in [1.807, 2.05) is 24.3 Å². The third-order valence-electron chi connectivity index (χ3n) is 2.14. The molecule has 0 aromatic heterocycles. The average molecular weight is 253 g/mol. The SMILES string of the molecule is CNNC(=O)C(N)c1ccc(SC(C)C)cc1. The van der Waals surface area contributed by atoms with Crippen molar-refractivity contribution in [3.63, 3.8) is 0 Å². The van der Waals surface area contributed by atoms with Gasteiger partial charge < -0.3 is 5.73 Å². The number of benzene rings is 1. The minimum Gasteiger partial charge on any atom is -0.316 e. The highest BCUT2D eigenvalue weighted by atomic mass is 32.2. The van der Waals surface area contributed by atoms with Gasteiger partial charge in [-0.2, -0.15) is 0 Å². The number of hydrazine groups is 1. The number of rotatable bonds is 5. The van der Waals surface area contributed by atoms with Gasteiger partial charge in [0, 0.05) is 17.2 Å². The van der Waals surface area contributed by atoms with E-state index in [-0.39, 0.29) is 5.91 Å². The van der Waals surface area contributed by atoms with Gasteiger partial charge in [-0.3, -0.25) is 10.2 Å². The molecule has 0 bridgehead atoms. The van der Waals surface area contributed by atoms with Gasteiger partial charge in [-0.15, -0.1) is 11.8 Å². The first-order valence-corrected chi connectivity index (χ1v) is 6.41. The number of carbonyl (C=O) groups is 1. The third-order valence-corrected chi connectivity index (χ3v) is 3.16. The van der Waals surface area contributed by atoms with Gasteiger partial charge in [0.2, 0.25) is 0 Å². The second-order valence-corrected chi connectivity index (χ2v) is 5.60. The van der Waals surface area contributed by atoms with E-state index < -0.39 is 6.04 Å². The topological polar surface area (TPSA) is 67.1 Å². The van der Waals surface area contributed by atoms with Gasteiger partial charge in [-0.05, 0) is 17.7 Å². The number of nitrogens with two attached hydrogens (primary N) is 1. The molecule has 1 atom stereocenters. The predicted octanol–water partition coefficient (Wildman–Crippen LogP) is 1.44. The molecule has 0 saturated carbocycles. The summed E-state index contributed by atoms with van der Waals surface area (Å²) in [5.74, 6) is -0.239. The lowest BCUT2D eigenvalue weighted by Gasteiger charge is -2.12. The summed E-state index contributed by atoms with van der Waals surface area (Å²) in [4.78, 5) is 12.7. The second kappa shape index (κ2) is 6.64. The van der Waals surface area contributed by atoms with Gasteiger partial charge >= 0.3 is 0 Å². The van der Waals surface area contributed by atoms with Crippen molar-refractivity contribution < 1.29 is 4.79 Å². The average Bonchev–Trinajstić information content (AvgIpc) is 2.28. The van der Waals surface area contributed by atoms with Gasteiger partial charge in [0.15, 0.2) is 0 Å². The van der Waals surface area contributed by atoms with E-state index in [1.165, 1.54) is 4.90 Å². The minimum atomic E-state index is -0.638. The van der Waals surface area contributed by atoms with Crippen LogP contribution in [0.5, 0.6) is 0 Å². The van der Waals surface area contributed by atoms with Crippen LogP contribution < -0.4 is 16.6 Å². The smallest absolute Gasteiger partial charge is 0.255 e. The zero-order valence-corrected chi connectivity index (χ0v) is 11.2. The molecular formula is C12H19N3OS. The summed E-state index contributed by atoms with van der Waals surface area (Å²) in [5.41, 5.74) is 11.7. The standard InChI is InChI=1S/C12H19N3OS/c1-8(2)17-10-6-4-9(5-7-10)11(13)12(16)15-14-3/h4-8,11,14H,13H2,1-3H3,(H,15,16). The van der Waals surface area contributed by atoms with Gasteiger partial charge in [0.1, 0.15) is 6.04 Å². The fraction of sp³-hybridized carbons (Fsp3) is 0.417. The van der Waals surface area contributed by atoms with Crippen LogP contribution in [0.4, 0.5) is 0 Å². The molecule has 0 radical (unpaired) electrons. The molecule has 4 N–H and O–H groups in total. The van der Waals surface area contributed by atoms with Crippen molar-refractivity contribution in [1.29, 1.82) is 0 Å². The molecule has 0 fully saturated rings. The molecule has 1 unspecified atom stereocenters. The first-order chi connectivity index (χ1) is 8.04. The minimum absolute atomic E-state index is 0.239. The summed E-state index contributed by atoms with van der Waals surface area (Å²) >= 11 is 1.78. The molecule has 5 heteroatoms. The van der Waals surface area contributed by atoms with Crippen LogP contribution in [0.2, 0.25) is 0 Å². The van der Waals surface area contributed by atoms with E-state index >= 15 is 0 Å². The molecule has 17 heavy (non-hydrogen) atoms. The Kier molecular flexibility index (Phi) is 5.47. The number of thioether (sulfide) groups is 1. The third kappa shape index (κ3) is 4.38. The Balaban J connectivity index is 2.70. The van der Waals surface area contributed by atoms with Crippen LogP contribution >= 0.6 is 11.8 Å². The Morgan fingerprint density at radius 3 is 2.35 bits per heavy atom. The number of amides is 1.